The van der Waals surface area contributed by atoms with Gasteiger partial charge in [-0.3, -0.25) is 91.1 Å². The molecule has 2 aromatic carbocycles. The number of aromatic nitrogens is 2. The van der Waals surface area contributed by atoms with Crippen molar-refractivity contribution >= 4 is 164 Å². The molecule has 714 valence electrons. The fourth-order valence-corrected chi connectivity index (χ4v) is 17.7. The van der Waals surface area contributed by atoms with Gasteiger partial charge in [-0.2, -0.15) is 0 Å². The number of hydrogen-bond donors (Lipinski definition) is 20. The molecule has 0 spiro atoms. The van der Waals surface area contributed by atoms with Crippen LogP contribution in [-0.2, 0) is 118 Å². The molecule has 2 bridgehead atoms. The maximum absolute atomic E-state index is 14.7. The number of esters is 2. The Kier molecular flexibility index (Phi) is 41.9. The van der Waals surface area contributed by atoms with Crippen LogP contribution in [0.15, 0.2) is 58.6 Å². The number of ether oxygens (including phenoxy) is 2. The minimum Gasteiger partial charge on any atom is -1.00 e. The van der Waals surface area contributed by atoms with E-state index in [1.807, 2.05) is 0 Å². The number of rotatable bonds is 20. The molecule has 131 heavy (non-hydrogen) atoms. The van der Waals surface area contributed by atoms with Gasteiger partial charge in [0.2, 0.25) is 94.5 Å². The third kappa shape index (κ3) is 30.2. The summed E-state index contributed by atoms with van der Waals surface area (Å²) in [5.41, 5.74) is 19.8. The van der Waals surface area contributed by atoms with Gasteiger partial charge in [-0.1, -0.05) is 98.2 Å². The largest absolute Gasteiger partial charge is 1.00 e. The number of aliphatic carboxylic acids is 1. The van der Waals surface area contributed by atoms with Crippen molar-refractivity contribution in [3.63, 3.8) is 0 Å². The van der Waals surface area contributed by atoms with Crippen molar-refractivity contribution in [2.24, 2.45) is 46.8 Å². The van der Waals surface area contributed by atoms with Crippen molar-refractivity contribution in [3.8, 4) is 0 Å². The number of β-amino-alcohol motifs (C(OH)–C–C–N with tert-alkyl or cyclic N) is 1. The van der Waals surface area contributed by atoms with Crippen LogP contribution in [-0.4, -0.2) is 295 Å². The Morgan fingerprint density at radius 1 is 0.565 bits per heavy atom. The Morgan fingerprint density at radius 2 is 1.06 bits per heavy atom. The number of H-pyrrole nitrogens is 2. The molecule has 0 saturated carbocycles. The first kappa shape index (κ1) is 109. The van der Waals surface area contributed by atoms with Gasteiger partial charge in [-0.05, 0) is 61.8 Å². The number of hydrogen-bond acceptors (Lipinski definition) is 27. The van der Waals surface area contributed by atoms with Crippen molar-refractivity contribution in [3.05, 3.63) is 59.7 Å². The number of Topliss-reactive ketones (excluding diaryl/α,β-unsaturated/α-hetero) is 1. The van der Waals surface area contributed by atoms with Crippen LogP contribution in [0, 0.1) is 29.6 Å². The van der Waals surface area contributed by atoms with E-state index < -0.39 is 297 Å². The number of nitrogens with two attached hydrogens (primary N) is 3. The van der Waals surface area contributed by atoms with Gasteiger partial charge in [0.25, 0.3) is 0 Å². The van der Waals surface area contributed by atoms with Gasteiger partial charge in [0.15, 0.2) is 5.78 Å². The van der Waals surface area contributed by atoms with Crippen LogP contribution in [0.25, 0.3) is 21.8 Å². The first-order valence-electron chi connectivity index (χ1n) is 42.2. The number of nitrogens with zero attached hydrogens (tertiary/aromatic N) is 2. The van der Waals surface area contributed by atoms with E-state index in [1.165, 1.54) is 27.7 Å². The molecule has 7 heterocycles. The van der Waals surface area contributed by atoms with E-state index in [9.17, 15) is 111 Å². The molecule has 2 saturated heterocycles. The van der Waals surface area contributed by atoms with Crippen LogP contribution in [0.2, 0.25) is 0 Å². The van der Waals surface area contributed by atoms with E-state index in [2.05, 4.69) is 73.8 Å². The predicted molar refractivity (Wildman–Crippen MR) is 469 cm³/mol. The second kappa shape index (κ2) is 50.3. The van der Waals surface area contributed by atoms with Gasteiger partial charge in [-0.25, -0.2) is 4.79 Å². The number of primary amides is 2. The first-order valence-corrected chi connectivity index (χ1v) is 44.2. The van der Waals surface area contributed by atoms with Crippen LogP contribution in [0.5, 0.6) is 0 Å². The average molecular weight is 1900 g/mol. The number of carbonyl (C=O) groups excluding carboxylic acids is 19. The molecular weight excluding hydrogens is 1780 g/mol. The minimum absolute atomic E-state index is 0. The Balaban J connectivity index is 0.000000457. The summed E-state index contributed by atoms with van der Waals surface area (Å²) in [5.74, 6) is -21.8. The molecule has 2 fully saturated rings. The Hall–Kier alpha value is -10.7. The van der Waals surface area contributed by atoms with Crippen LogP contribution in [0.4, 0.5) is 0 Å². The predicted octanol–water partition coefficient (Wildman–Crippen LogP) is -7.33. The topological polar surface area (TPSA) is 681 Å². The molecule has 20 atom stereocenters. The second-order valence-corrected chi connectivity index (χ2v) is 34.9. The SMILES string of the molecule is C.CC[C@H](C)[C@@H]1NC(=O)CNC(=O)C(N)Cc2c([nH]c3ccccc23)SCC(C(=O)NC(CC(N)=O)C(=O)N2CC(O)C[C@H]2C(=O)N[C@H](C(=O)O)[C@@H](C)[C@H](C)OC(C)=O)NC(=O)CNC1=O.CC[C@H](C)[C@@H]1NC(=O)CNC(=O)C2CC(=O)[C@H]([C@@H](C)[C@H](C)OC(C)=O)NC(=O)[C@@H]3CC(O)CN3C(=O)C(CC(N)=O)NC(=O)C(CSc3[nH]c4ccccc4c3C2)NC(=O)CNC1=O.[H-].[K+]. The van der Waals surface area contributed by atoms with Gasteiger partial charge in [0, 0.05) is 97.3 Å². The Labute approximate surface area is 807 Å². The summed E-state index contributed by atoms with van der Waals surface area (Å²) in [4.78, 5) is 276. The van der Waals surface area contributed by atoms with Crippen LogP contribution >= 0.6 is 23.5 Å². The minimum atomic E-state index is -1.77. The molecule has 8 unspecified atom stereocenters. The summed E-state index contributed by atoms with van der Waals surface area (Å²) in [6, 6.07) is -1.67. The summed E-state index contributed by atoms with van der Waals surface area (Å²) in [6.07, 6.45) is -6.48. The van der Waals surface area contributed by atoms with Gasteiger partial charge in [0.05, 0.1) is 73.4 Å². The Bertz CT molecular complexity index is 4930. The number of thioether (sulfide) groups is 2. The quantitative estimate of drug-likeness (QED) is 0.0289. The van der Waals surface area contributed by atoms with Crippen molar-refractivity contribution in [2.75, 3.05) is 50.8 Å². The number of para-hydroxylation sites is 2. The van der Waals surface area contributed by atoms with Crippen molar-refractivity contribution in [2.45, 2.75) is 235 Å². The number of fused-ring (bicyclic) bond motifs is 8. The number of ketones is 1. The standard InChI is InChI=1S/C42H57N9O12S.C41H58N10O13S.CH4.K.H/c1-6-19(2)35-40(61)45-15-33(56)46-29-18-64-41-26(25-9-7-8-10-27(25)48-41)11-23(37(58)44-16-34(57)49-35)12-31(54)36(20(3)21(4)63-22(5)52)50-39(60)30-13-24(53)17-51(30)42(62)28(14-32(43)55)47-38(29)59;1-6-18(2)33-38(60)45-14-31(55)46-28(17-65-39-24(23-9-7-8-10-26(23)48-39)12-25(42)35(57)44-15-32(56)49-33)36(58)47-27(13-30(43)54)40(61)51-16-22(53)11-29(51)37(59)50-34(41(62)63)19(3)20(4)64-21(5)52;;;/h7-10,19-21,23-24,28-30,35-36,48,53H,6,11-18H2,1-5H3,(H2,43,55)(H,44,58)(H,45,61)(H,46,56)(H,47,59)(H,49,57)(H,50,60);7-10,18-20,22,25,27-29,33-34,48,53H,6,11-17,42H2,1-5H3,(H2,43,54)(H,44,57)(H,45,60)(H,46,55)(H,47,58)(H,49,56)(H,50,59)(H,62,63);1H4;;/q;;;+1;-1/t19-,20-,21-,23?,24?,28?,29?,30-,35-,36-;18-,19-,20-,22?,25?,27?,28?,29-,33-,34-;;;/m00.../s1. The molecule has 9 rings (SSSR count). The summed E-state index contributed by atoms with van der Waals surface area (Å²) >= 11 is 2.11. The molecule has 23 N–H and O–H groups in total. The van der Waals surface area contributed by atoms with Gasteiger partial charge in [-0.15, -0.1) is 23.5 Å². The molecule has 47 heteroatoms. The fourth-order valence-electron chi connectivity index (χ4n) is 15.5. The number of aliphatic hydroxyl groups is 2. The summed E-state index contributed by atoms with van der Waals surface area (Å²) in [7, 11) is 0. The van der Waals surface area contributed by atoms with E-state index in [-0.39, 0.29) is 97.4 Å². The first-order chi connectivity index (χ1) is 60.9. The van der Waals surface area contributed by atoms with Crippen molar-refractivity contribution in [1.82, 2.24) is 83.6 Å². The third-order valence-corrected chi connectivity index (χ3v) is 25.5. The van der Waals surface area contributed by atoms with Crippen molar-refractivity contribution < 1.29 is 173 Å². The van der Waals surface area contributed by atoms with E-state index in [4.69, 9.17) is 26.7 Å². The van der Waals surface area contributed by atoms with Gasteiger partial charge >= 0.3 is 69.3 Å². The monoisotopic (exact) mass is 1900 g/mol. The van der Waals surface area contributed by atoms with E-state index in [0.29, 0.717) is 55.8 Å². The summed E-state index contributed by atoms with van der Waals surface area (Å²) in [5, 5.41) is 63.9. The smallest absolute Gasteiger partial charge is 1.00 e. The van der Waals surface area contributed by atoms with E-state index >= 15 is 0 Å². The number of carbonyl (C=O) groups is 20. The molecule has 2 aromatic heterocycles. The maximum Gasteiger partial charge on any atom is 1.00 e. The number of aromatic amines is 2. The molecule has 5 aliphatic heterocycles. The number of carboxylic acids is 1. The van der Waals surface area contributed by atoms with Crippen LogP contribution in [0.3, 0.4) is 0 Å². The third-order valence-electron chi connectivity index (χ3n) is 23.2. The van der Waals surface area contributed by atoms with Gasteiger partial charge < -0.3 is 127 Å². The van der Waals surface area contributed by atoms with Crippen LogP contribution < -0.4 is 132 Å². The molecule has 0 radical (unpaired) electrons. The molecular formula is C84H120KN19O25S2. The second-order valence-electron chi connectivity index (χ2n) is 32.8. The molecule has 4 aromatic rings. The number of nitrogens with one attached hydrogen (secondary N) is 14. The summed E-state index contributed by atoms with van der Waals surface area (Å²) in [6.45, 7) is 12.0. The zero-order valence-corrected chi connectivity index (χ0v) is 78.7. The average Bonchev–Trinajstić information content (AvgIpc) is 1.64. The fraction of sp³-hybridized carbons (Fsp3) is 0.571. The number of carboxylic acid groups (broad SMARTS) is 1. The van der Waals surface area contributed by atoms with Gasteiger partial charge in [0.1, 0.15) is 66.6 Å². The maximum atomic E-state index is 14.7. The van der Waals surface area contributed by atoms with Crippen LogP contribution in [0.1, 0.15) is 134 Å². The number of aliphatic hydroxyl groups excluding tert-OH is 2. The molecule has 0 aliphatic carbocycles. The van der Waals surface area contributed by atoms with E-state index in [1.54, 1.807) is 83.1 Å². The zero-order chi connectivity index (χ0) is 95.3. The molecule has 16 amide bonds. The van der Waals surface area contributed by atoms with Crippen molar-refractivity contribution in [1.29, 1.82) is 0 Å². The summed E-state index contributed by atoms with van der Waals surface area (Å²) < 4.78 is 10.5. The number of benzene rings is 2. The van der Waals surface area contributed by atoms with E-state index in [0.717, 1.165) is 40.2 Å². The number of likely N-dealkylation sites (tertiary alicyclic amines) is 1. The molecule has 5 aliphatic rings. The zero-order valence-electron chi connectivity index (χ0n) is 75.0. The number of amides is 16. The molecule has 44 nitrogen and oxygen atoms in total. The normalized spacial score (nSPS) is 25.1. The Morgan fingerprint density at radius 3 is 1.59 bits per heavy atom.